The number of hydrogen-bond donors (Lipinski definition) is 0. The van der Waals surface area contributed by atoms with Crippen LogP contribution in [0.2, 0.25) is 5.02 Å². The second kappa shape index (κ2) is 9.24. The average molecular weight is 420 g/mol. The average Bonchev–Trinajstić information content (AvgIpc) is 2.77. The number of rotatable bonds is 5. The first-order valence-electron chi connectivity index (χ1n) is 10.2. The molecular formula is C21H27ClFN5O. The van der Waals surface area contributed by atoms with Gasteiger partial charge in [0.1, 0.15) is 11.6 Å². The maximum absolute atomic E-state index is 14.2. The van der Waals surface area contributed by atoms with Crippen molar-refractivity contribution in [2.24, 2.45) is 0 Å². The highest BCUT2D eigenvalue weighted by Crippen LogP contribution is 2.25. The molecule has 2 saturated heterocycles. The van der Waals surface area contributed by atoms with Crippen molar-refractivity contribution in [2.75, 3.05) is 56.2 Å². The molecule has 0 aliphatic carbocycles. The van der Waals surface area contributed by atoms with Crippen LogP contribution in [0.25, 0.3) is 0 Å². The molecule has 0 radical (unpaired) electrons. The first-order chi connectivity index (χ1) is 14.1. The van der Waals surface area contributed by atoms with Gasteiger partial charge in [-0.15, -0.1) is 0 Å². The van der Waals surface area contributed by atoms with Gasteiger partial charge in [-0.2, -0.15) is 4.98 Å². The zero-order valence-electron chi connectivity index (χ0n) is 16.7. The van der Waals surface area contributed by atoms with Crippen LogP contribution < -0.4 is 9.80 Å². The largest absolute Gasteiger partial charge is 0.378 e. The number of nitrogens with zero attached hydrogens (tertiary/aromatic N) is 5. The molecule has 1 unspecified atom stereocenters. The van der Waals surface area contributed by atoms with Gasteiger partial charge in [-0.25, -0.2) is 9.37 Å². The number of anilines is 2. The van der Waals surface area contributed by atoms with Gasteiger partial charge < -0.3 is 14.5 Å². The molecule has 0 bridgehead atoms. The summed E-state index contributed by atoms with van der Waals surface area (Å²) in [5.41, 5.74) is 0.572. The zero-order valence-corrected chi connectivity index (χ0v) is 17.5. The van der Waals surface area contributed by atoms with Crippen molar-refractivity contribution in [1.29, 1.82) is 0 Å². The van der Waals surface area contributed by atoms with E-state index in [1.807, 2.05) is 19.3 Å². The van der Waals surface area contributed by atoms with Crippen molar-refractivity contribution in [2.45, 2.75) is 25.4 Å². The Hall–Kier alpha value is -1.96. The Labute approximate surface area is 176 Å². The SMILES string of the molecule is CN(c1nccc(N2CCOCC2)n1)C1CCCN(Cc2c(F)cccc2Cl)C1. The summed E-state index contributed by atoms with van der Waals surface area (Å²) in [5.74, 6) is 1.43. The summed E-state index contributed by atoms with van der Waals surface area (Å²) in [5, 5.41) is 0.488. The Balaban J connectivity index is 1.44. The topological polar surface area (TPSA) is 44.7 Å². The molecule has 2 aliphatic heterocycles. The predicted molar refractivity (Wildman–Crippen MR) is 113 cm³/mol. The highest BCUT2D eigenvalue weighted by Gasteiger charge is 2.26. The minimum atomic E-state index is -0.241. The second-order valence-corrected chi connectivity index (χ2v) is 8.06. The fourth-order valence-electron chi connectivity index (χ4n) is 4.04. The third-order valence-corrected chi connectivity index (χ3v) is 6.10. The van der Waals surface area contributed by atoms with Gasteiger partial charge in [0.15, 0.2) is 0 Å². The van der Waals surface area contributed by atoms with Crippen LogP contribution >= 0.6 is 11.6 Å². The quantitative estimate of drug-likeness (QED) is 0.741. The van der Waals surface area contributed by atoms with Crippen LogP contribution in [-0.4, -0.2) is 67.4 Å². The predicted octanol–water partition coefficient (Wildman–Crippen LogP) is 3.21. The van der Waals surface area contributed by atoms with Gasteiger partial charge >= 0.3 is 0 Å². The van der Waals surface area contributed by atoms with Gasteiger partial charge in [0.25, 0.3) is 0 Å². The molecule has 29 heavy (non-hydrogen) atoms. The number of piperidine rings is 1. The van der Waals surface area contributed by atoms with Crippen LogP contribution in [0.3, 0.4) is 0 Å². The first kappa shape index (κ1) is 20.3. The fraction of sp³-hybridized carbons (Fsp3) is 0.524. The van der Waals surface area contributed by atoms with Gasteiger partial charge in [0.2, 0.25) is 5.95 Å². The van der Waals surface area contributed by atoms with E-state index in [-0.39, 0.29) is 11.9 Å². The van der Waals surface area contributed by atoms with E-state index in [0.29, 0.717) is 17.1 Å². The van der Waals surface area contributed by atoms with Gasteiger partial charge in [0.05, 0.1) is 13.2 Å². The number of aromatic nitrogens is 2. The van der Waals surface area contributed by atoms with Crippen LogP contribution in [0.1, 0.15) is 18.4 Å². The maximum Gasteiger partial charge on any atom is 0.227 e. The highest BCUT2D eigenvalue weighted by molar-refractivity contribution is 6.31. The van der Waals surface area contributed by atoms with Crippen LogP contribution in [0.4, 0.5) is 16.2 Å². The van der Waals surface area contributed by atoms with Crippen LogP contribution in [-0.2, 0) is 11.3 Å². The number of likely N-dealkylation sites (N-methyl/N-ethyl adjacent to an activating group) is 1. The molecule has 1 atom stereocenters. The van der Waals surface area contributed by atoms with Crippen molar-refractivity contribution >= 4 is 23.4 Å². The lowest BCUT2D eigenvalue weighted by Gasteiger charge is -2.38. The maximum atomic E-state index is 14.2. The van der Waals surface area contributed by atoms with E-state index in [1.54, 1.807) is 12.1 Å². The van der Waals surface area contributed by atoms with Crippen LogP contribution in [0.15, 0.2) is 30.5 Å². The van der Waals surface area contributed by atoms with E-state index < -0.39 is 0 Å². The minimum Gasteiger partial charge on any atom is -0.378 e. The molecule has 6 nitrogen and oxygen atoms in total. The van der Waals surface area contributed by atoms with Crippen LogP contribution in [0, 0.1) is 5.82 Å². The molecule has 4 rings (SSSR count). The fourth-order valence-corrected chi connectivity index (χ4v) is 4.26. The normalized spacial score (nSPS) is 20.7. The van der Waals surface area contributed by atoms with E-state index >= 15 is 0 Å². The standard InChI is InChI=1S/C21H27ClFN5O/c1-26(21-24-8-7-20(25-21)28-10-12-29-13-11-28)16-4-3-9-27(14-16)15-17-18(22)5-2-6-19(17)23/h2,5-8,16H,3-4,9-15H2,1H3. The summed E-state index contributed by atoms with van der Waals surface area (Å²) in [6.07, 6.45) is 3.93. The van der Waals surface area contributed by atoms with Gasteiger partial charge in [-0.3, -0.25) is 4.90 Å². The number of likely N-dealkylation sites (tertiary alicyclic amines) is 1. The molecule has 1 aromatic heterocycles. The Bertz CT molecular complexity index is 812. The lowest BCUT2D eigenvalue weighted by Crippen LogP contribution is -2.47. The summed E-state index contributed by atoms with van der Waals surface area (Å²) in [6.45, 7) is 5.43. The number of hydrogen-bond acceptors (Lipinski definition) is 6. The number of morpholine rings is 1. The van der Waals surface area contributed by atoms with E-state index in [4.69, 9.17) is 21.3 Å². The summed E-state index contributed by atoms with van der Waals surface area (Å²) in [4.78, 5) is 15.9. The van der Waals surface area contributed by atoms with Crippen molar-refractivity contribution in [3.8, 4) is 0 Å². The number of halogens is 2. The first-order valence-corrected chi connectivity index (χ1v) is 10.5. The molecule has 0 amide bonds. The second-order valence-electron chi connectivity index (χ2n) is 7.66. The third-order valence-electron chi connectivity index (χ3n) is 5.75. The monoisotopic (exact) mass is 419 g/mol. The van der Waals surface area contributed by atoms with Crippen molar-refractivity contribution in [1.82, 2.24) is 14.9 Å². The summed E-state index contributed by atoms with van der Waals surface area (Å²) in [7, 11) is 2.04. The molecule has 2 fully saturated rings. The van der Waals surface area contributed by atoms with Crippen molar-refractivity contribution in [3.63, 3.8) is 0 Å². The Morgan fingerprint density at radius 2 is 2.07 bits per heavy atom. The molecule has 2 aromatic rings. The summed E-state index contributed by atoms with van der Waals surface area (Å²) in [6, 6.07) is 7.09. The van der Waals surface area contributed by atoms with E-state index in [2.05, 4.69) is 19.7 Å². The number of benzene rings is 1. The van der Waals surface area contributed by atoms with Crippen molar-refractivity contribution in [3.05, 3.63) is 46.9 Å². The molecule has 0 spiro atoms. The van der Waals surface area contributed by atoms with Gasteiger partial charge in [-0.05, 0) is 37.6 Å². The molecule has 1 aromatic carbocycles. The van der Waals surface area contributed by atoms with Gasteiger partial charge in [0, 0.05) is 56.1 Å². The highest BCUT2D eigenvalue weighted by atomic mass is 35.5. The molecule has 8 heteroatoms. The molecule has 3 heterocycles. The molecule has 156 valence electrons. The van der Waals surface area contributed by atoms with Crippen molar-refractivity contribution < 1.29 is 9.13 Å². The van der Waals surface area contributed by atoms with Gasteiger partial charge in [-0.1, -0.05) is 17.7 Å². The lowest BCUT2D eigenvalue weighted by atomic mass is 10.0. The minimum absolute atomic E-state index is 0.241. The molecule has 0 N–H and O–H groups in total. The lowest BCUT2D eigenvalue weighted by molar-refractivity contribution is 0.122. The summed E-state index contributed by atoms with van der Waals surface area (Å²) >= 11 is 6.22. The van der Waals surface area contributed by atoms with E-state index in [0.717, 1.165) is 64.0 Å². The Morgan fingerprint density at radius 3 is 2.86 bits per heavy atom. The number of ether oxygens (including phenoxy) is 1. The Morgan fingerprint density at radius 1 is 1.24 bits per heavy atom. The Kier molecular flexibility index (Phi) is 6.47. The summed E-state index contributed by atoms with van der Waals surface area (Å²) < 4.78 is 19.6. The molecule has 0 saturated carbocycles. The van der Waals surface area contributed by atoms with Crippen LogP contribution in [0.5, 0.6) is 0 Å². The third kappa shape index (κ3) is 4.79. The zero-order chi connectivity index (χ0) is 20.2. The van der Waals surface area contributed by atoms with E-state index in [1.165, 1.54) is 6.07 Å². The molecule has 2 aliphatic rings. The van der Waals surface area contributed by atoms with E-state index in [9.17, 15) is 4.39 Å². The molecular weight excluding hydrogens is 393 g/mol. The smallest absolute Gasteiger partial charge is 0.227 e.